The average Bonchev–Trinajstić information content (AvgIpc) is 2.69. The van der Waals surface area contributed by atoms with Gasteiger partial charge in [-0.05, 0) is 43.7 Å². The Hall–Kier alpha value is -2.18. The van der Waals surface area contributed by atoms with Crippen LogP contribution in [0.4, 0.5) is 8.78 Å². The summed E-state index contributed by atoms with van der Waals surface area (Å²) in [5, 5.41) is 0.776. The number of hydrogen-bond acceptors (Lipinski definition) is 2. The molecule has 0 aliphatic carbocycles. The predicted octanol–water partition coefficient (Wildman–Crippen LogP) is 4.53. The lowest BCUT2D eigenvalue weighted by Gasteiger charge is -2.39. The van der Waals surface area contributed by atoms with Crippen LogP contribution in [0.5, 0.6) is 0 Å². The van der Waals surface area contributed by atoms with Crippen molar-refractivity contribution in [1.29, 1.82) is 0 Å². The summed E-state index contributed by atoms with van der Waals surface area (Å²) in [7, 11) is 0. The Labute approximate surface area is 178 Å². The first-order chi connectivity index (χ1) is 13.6. The molecule has 29 heavy (non-hydrogen) atoms. The van der Waals surface area contributed by atoms with Crippen LogP contribution in [0, 0.1) is 11.6 Å². The molecule has 0 spiro atoms. The molecular weight excluding hydrogens is 421 g/mol. The summed E-state index contributed by atoms with van der Waals surface area (Å²) < 4.78 is 27.8. The fourth-order valence-electron chi connectivity index (χ4n) is 3.38. The molecule has 1 aliphatic rings. The number of rotatable bonds is 3. The third-order valence-electron chi connectivity index (χ3n) is 5.21. The number of hydrogen-bond donors (Lipinski definition) is 0. The maximum absolute atomic E-state index is 13.9. The Balaban J connectivity index is 1.70. The van der Waals surface area contributed by atoms with Gasteiger partial charge in [-0.1, -0.05) is 35.3 Å². The number of amides is 2. The Kier molecular flexibility index (Phi) is 6.15. The Bertz CT molecular complexity index is 937. The fourth-order valence-corrected chi connectivity index (χ4v) is 3.67. The average molecular weight is 441 g/mol. The van der Waals surface area contributed by atoms with Crippen molar-refractivity contribution < 1.29 is 18.4 Å². The quantitative estimate of drug-likeness (QED) is 0.702. The molecule has 4 nitrogen and oxygen atoms in total. The molecule has 0 saturated carbocycles. The second kappa shape index (κ2) is 8.28. The Morgan fingerprint density at radius 3 is 2.00 bits per heavy atom. The van der Waals surface area contributed by atoms with Crippen LogP contribution >= 0.6 is 23.2 Å². The SMILES string of the molecule is CC(C)(C(=O)N1CCN(C(=O)c2c(F)cccc2F)CC1)c1ccc(Cl)c(Cl)c1. The smallest absolute Gasteiger partial charge is 0.259 e. The van der Waals surface area contributed by atoms with Gasteiger partial charge in [0.25, 0.3) is 5.91 Å². The highest BCUT2D eigenvalue weighted by Gasteiger charge is 2.36. The molecule has 2 aromatic rings. The van der Waals surface area contributed by atoms with Crippen molar-refractivity contribution in [2.24, 2.45) is 0 Å². The van der Waals surface area contributed by atoms with Crippen molar-refractivity contribution in [3.63, 3.8) is 0 Å². The van der Waals surface area contributed by atoms with Crippen molar-refractivity contribution in [2.75, 3.05) is 26.2 Å². The van der Waals surface area contributed by atoms with Gasteiger partial charge in [-0.15, -0.1) is 0 Å². The van der Waals surface area contributed by atoms with E-state index >= 15 is 0 Å². The van der Waals surface area contributed by atoms with Crippen LogP contribution < -0.4 is 0 Å². The lowest BCUT2D eigenvalue weighted by atomic mass is 9.83. The first-order valence-electron chi connectivity index (χ1n) is 9.11. The number of carbonyl (C=O) groups is 2. The molecule has 1 fully saturated rings. The largest absolute Gasteiger partial charge is 0.338 e. The first-order valence-corrected chi connectivity index (χ1v) is 9.86. The van der Waals surface area contributed by atoms with E-state index in [9.17, 15) is 18.4 Å². The van der Waals surface area contributed by atoms with Crippen molar-refractivity contribution in [2.45, 2.75) is 19.3 Å². The summed E-state index contributed by atoms with van der Waals surface area (Å²) in [5.41, 5.74) is -0.690. The van der Waals surface area contributed by atoms with Gasteiger partial charge in [0, 0.05) is 26.2 Å². The van der Waals surface area contributed by atoms with Gasteiger partial charge in [0.05, 0.1) is 15.5 Å². The standard InChI is InChI=1S/C21H20Cl2F2N2O2/c1-21(2,13-6-7-14(22)15(23)12-13)20(29)27-10-8-26(9-11-27)19(28)18-16(24)4-3-5-17(18)25/h3-7,12H,8-11H2,1-2H3. The molecule has 3 rings (SSSR count). The molecule has 154 valence electrons. The molecule has 1 saturated heterocycles. The van der Waals surface area contributed by atoms with Crippen molar-refractivity contribution >= 4 is 35.0 Å². The molecule has 0 bridgehead atoms. The number of piperazine rings is 1. The predicted molar refractivity (Wildman–Crippen MR) is 108 cm³/mol. The molecule has 0 unspecified atom stereocenters. The van der Waals surface area contributed by atoms with Crippen LogP contribution in [0.2, 0.25) is 10.0 Å². The van der Waals surface area contributed by atoms with Gasteiger partial charge in [-0.25, -0.2) is 8.78 Å². The molecule has 0 atom stereocenters. The van der Waals surface area contributed by atoms with E-state index in [1.165, 1.54) is 11.0 Å². The number of carbonyl (C=O) groups excluding carboxylic acids is 2. The van der Waals surface area contributed by atoms with Crippen molar-refractivity contribution in [3.8, 4) is 0 Å². The van der Waals surface area contributed by atoms with E-state index in [0.717, 1.165) is 17.7 Å². The minimum atomic E-state index is -0.894. The number of nitrogens with zero attached hydrogens (tertiary/aromatic N) is 2. The van der Waals surface area contributed by atoms with Crippen molar-refractivity contribution in [1.82, 2.24) is 9.80 Å². The molecule has 0 aromatic heterocycles. The minimum Gasteiger partial charge on any atom is -0.338 e. The van der Waals surface area contributed by atoms with Crippen LogP contribution in [-0.4, -0.2) is 47.8 Å². The van der Waals surface area contributed by atoms with Gasteiger partial charge in [-0.2, -0.15) is 0 Å². The van der Waals surface area contributed by atoms with Crippen LogP contribution in [0.25, 0.3) is 0 Å². The van der Waals surface area contributed by atoms with Crippen LogP contribution in [0.1, 0.15) is 29.8 Å². The van der Waals surface area contributed by atoms with Gasteiger partial charge < -0.3 is 9.80 Å². The van der Waals surface area contributed by atoms with E-state index in [-0.39, 0.29) is 32.1 Å². The zero-order chi connectivity index (χ0) is 21.3. The summed E-state index contributed by atoms with van der Waals surface area (Å²) in [6.45, 7) is 4.50. The highest BCUT2D eigenvalue weighted by molar-refractivity contribution is 6.42. The molecule has 2 amide bonds. The van der Waals surface area contributed by atoms with Gasteiger partial charge in [0.1, 0.15) is 17.2 Å². The van der Waals surface area contributed by atoms with Crippen molar-refractivity contribution in [3.05, 3.63) is 69.2 Å². The van der Waals surface area contributed by atoms with E-state index in [0.29, 0.717) is 10.0 Å². The number of halogens is 4. The van der Waals surface area contributed by atoms with Gasteiger partial charge in [0.2, 0.25) is 5.91 Å². The summed E-state index contributed by atoms with van der Waals surface area (Å²) in [5.74, 6) is -2.62. The highest BCUT2D eigenvalue weighted by atomic mass is 35.5. The van der Waals surface area contributed by atoms with Gasteiger partial charge in [-0.3, -0.25) is 9.59 Å². The van der Waals surface area contributed by atoms with Gasteiger partial charge >= 0.3 is 0 Å². The third kappa shape index (κ3) is 4.23. The van der Waals surface area contributed by atoms with Crippen LogP contribution in [0.15, 0.2) is 36.4 Å². The van der Waals surface area contributed by atoms with Crippen LogP contribution in [-0.2, 0) is 10.2 Å². The molecule has 1 heterocycles. The zero-order valence-corrected chi connectivity index (χ0v) is 17.5. The summed E-state index contributed by atoms with van der Waals surface area (Å²) in [6, 6.07) is 8.39. The topological polar surface area (TPSA) is 40.6 Å². The third-order valence-corrected chi connectivity index (χ3v) is 5.95. The van der Waals surface area contributed by atoms with E-state index < -0.39 is 28.5 Å². The van der Waals surface area contributed by atoms with E-state index in [2.05, 4.69) is 0 Å². The highest BCUT2D eigenvalue weighted by Crippen LogP contribution is 2.31. The van der Waals surface area contributed by atoms with E-state index in [1.54, 1.807) is 36.9 Å². The maximum atomic E-state index is 13.9. The zero-order valence-electron chi connectivity index (χ0n) is 16.0. The Morgan fingerprint density at radius 1 is 0.897 bits per heavy atom. The number of benzene rings is 2. The molecule has 0 N–H and O–H groups in total. The second-order valence-electron chi connectivity index (χ2n) is 7.43. The summed E-state index contributed by atoms with van der Waals surface area (Å²) in [4.78, 5) is 28.6. The molecular formula is C21H20Cl2F2N2O2. The molecule has 1 aliphatic heterocycles. The van der Waals surface area contributed by atoms with E-state index in [1.807, 2.05) is 0 Å². The summed E-state index contributed by atoms with van der Waals surface area (Å²) >= 11 is 12.0. The van der Waals surface area contributed by atoms with E-state index in [4.69, 9.17) is 23.2 Å². The first kappa shape index (κ1) is 21.5. The monoisotopic (exact) mass is 440 g/mol. The maximum Gasteiger partial charge on any atom is 0.259 e. The normalized spacial score (nSPS) is 14.8. The summed E-state index contributed by atoms with van der Waals surface area (Å²) in [6.07, 6.45) is 0. The fraction of sp³-hybridized carbons (Fsp3) is 0.333. The second-order valence-corrected chi connectivity index (χ2v) is 8.25. The lowest BCUT2D eigenvalue weighted by Crippen LogP contribution is -2.54. The Morgan fingerprint density at radius 2 is 1.45 bits per heavy atom. The molecule has 8 heteroatoms. The molecule has 2 aromatic carbocycles. The lowest BCUT2D eigenvalue weighted by molar-refractivity contribution is -0.137. The van der Waals surface area contributed by atoms with Crippen LogP contribution in [0.3, 0.4) is 0 Å². The molecule has 0 radical (unpaired) electrons. The van der Waals surface area contributed by atoms with Gasteiger partial charge in [0.15, 0.2) is 0 Å². The minimum absolute atomic E-state index is 0.125.